The fourth-order valence-electron chi connectivity index (χ4n) is 5.01. The van der Waals surface area contributed by atoms with Gasteiger partial charge in [-0.2, -0.15) is 0 Å². The topological polar surface area (TPSA) is 60.4 Å². The van der Waals surface area contributed by atoms with Gasteiger partial charge in [0.2, 0.25) is 0 Å². The van der Waals surface area contributed by atoms with Crippen LogP contribution in [0.3, 0.4) is 0 Å². The average Bonchev–Trinajstić information content (AvgIpc) is 2.63. The van der Waals surface area contributed by atoms with Crippen LogP contribution < -0.4 is 0 Å². The van der Waals surface area contributed by atoms with Crippen LogP contribution in [0.5, 0.6) is 0 Å². The molecule has 0 amide bonds. The van der Waals surface area contributed by atoms with E-state index < -0.39 is 0 Å². The molecule has 1 aliphatic heterocycles. The van der Waals surface area contributed by atoms with E-state index in [2.05, 4.69) is 12.2 Å². The summed E-state index contributed by atoms with van der Waals surface area (Å²) in [5, 5.41) is 0. The van der Waals surface area contributed by atoms with Crippen LogP contribution in [0.1, 0.15) is 19.8 Å². The van der Waals surface area contributed by atoms with E-state index in [1.165, 1.54) is 0 Å². The van der Waals surface area contributed by atoms with E-state index in [0.29, 0.717) is 24.2 Å². The molecule has 1 heterocycles. The van der Waals surface area contributed by atoms with Gasteiger partial charge in [0, 0.05) is 6.42 Å². The second-order valence-corrected chi connectivity index (χ2v) is 6.47. The molecule has 5 aliphatic rings. The summed E-state index contributed by atoms with van der Waals surface area (Å²) in [7, 11) is 0. The molecule has 3 fully saturated rings. The zero-order valence-electron chi connectivity index (χ0n) is 10.7. The molecule has 0 N–H and O–H groups in total. The van der Waals surface area contributed by atoms with Gasteiger partial charge in [-0.3, -0.25) is 9.59 Å². The SMILES string of the molecule is CC(=O)C[C@@H]1C[C@@H]2[C@H]3C=C[C@@H]([C@@H]4C(=O)OC(=O)[C@H]34)[C@@H]12. The normalized spacial score (nSPS) is 49.4. The molecule has 0 radical (unpaired) electrons. The molecule has 0 spiro atoms. The molecule has 2 saturated carbocycles. The fraction of sp³-hybridized carbons (Fsp3) is 0.667. The monoisotopic (exact) mass is 260 g/mol. The first-order valence-corrected chi connectivity index (χ1v) is 7.01. The second-order valence-electron chi connectivity index (χ2n) is 6.47. The van der Waals surface area contributed by atoms with Crippen molar-refractivity contribution in [3.63, 3.8) is 0 Å². The van der Waals surface area contributed by atoms with E-state index in [4.69, 9.17) is 4.74 Å². The lowest BCUT2D eigenvalue weighted by Gasteiger charge is -2.59. The number of Topliss-reactive ketones (excluding diaryl/α,β-unsaturated/α-hetero) is 1. The Hall–Kier alpha value is -1.45. The Morgan fingerprint density at radius 3 is 2.53 bits per heavy atom. The van der Waals surface area contributed by atoms with Gasteiger partial charge in [-0.25, -0.2) is 0 Å². The Morgan fingerprint density at radius 1 is 1.21 bits per heavy atom. The first kappa shape index (κ1) is 11.4. The number of rotatable bonds is 2. The summed E-state index contributed by atoms with van der Waals surface area (Å²) in [6, 6.07) is 0. The molecule has 19 heavy (non-hydrogen) atoms. The number of cyclic esters (lactones) is 2. The van der Waals surface area contributed by atoms with Crippen LogP contribution in [0.4, 0.5) is 0 Å². The number of hydrogen-bond acceptors (Lipinski definition) is 4. The third-order valence-corrected chi connectivity index (χ3v) is 5.62. The van der Waals surface area contributed by atoms with Crippen LogP contribution in [0.2, 0.25) is 0 Å². The highest BCUT2D eigenvalue weighted by atomic mass is 16.6. The van der Waals surface area contributed by atoms with Crippen molar-refractivity contribution in [2.45, 2.75) is 19.8 Å². The van der Waals surface area contributed by atoms with Gasteiger partial charge in [0.1, 0.15) is 5.78 Å². The van der Waals surface area contributed by atoms with Crippen molar-refractivity contribution in [1.82, 2.24) is 0 Å². The van der Waals surface area contributed by atoms with Gasteiger partial charge in [0.25, 0.3) is 0 Å². The summed E-state index contributed by atoms with van der Waals surface area (Å²) in [5.74, 6) is 0.543. The van der Waals surface area contributed by atoms with Gasteiger partial charge in [0.05, 0.1) is 11.8 Å². The van der Waals surface area contributed by atoms with E-state index in [1.807, 2.05) is 0 Å². The lowest BCUT2D eigenvalue weighted by molar-refractivity contribution is -0.154. The van der Waals surface area contributed by atoms with Crippen LogP contribution >= 0.6 is 0 Å². The average molecular weight is 260 g/mol. The third kappa shape index (κ3) is 1.32. The van der Waals surface area contributed by atoms with Crippen molar-refractivity contribution in [2.24, 2.45) is 41.4 Å². The molecule has 4 heteroatoms. The molecule has 0 aromatic heterocycles. The van der Waals surface area contributed by atoms with Gasteiger partial charge in [0.15, 0.2) is 0 Å². The summed E-state index contributed by atoms with van der Waals surface area (Å²) >= 11 is 0. The highest BCUT2D eigenvalue weighted by molar-refractivity contribution is 5.97. The Morgan fingerprint density at radius 2 is 1.84 bits per heavy atom. The quantitative estimate of drug-likeness (QED) is 0.427. The molecule has 1 saturated heterocycles. The predicted molar refractivity (Wildman–Crippen MR) is 64.6 cm³/mol. The Bertz CT molecular complexity index is 520. The number of carbonyl (C=O) groups excluding carboxylic acids is 3. The molecule has 4 nitrogen and oxygen atoms in total. The van der Waals surface area contributed by atoms with Gasteiger partial charge in [-0.05, 0) is 42.9 Å². The maximum atomic E-state index is 11.9. The Labute approximate surface area is 111 Å². The number of allylic oxidation sites excluding steroid dienone is 2. The number of hydrogen-bond donors (Lipinski definition) is 0. The Kier molecular flexibility index (Phi) is 2.13. The first-order valence-electron chi connectivity index (χ1n) is 7.01. The minimum Gasteiger partial charge on any atom is -0.393 e. The molecular weight excluding hydrogens is 244 g/mol. The standard InChI is InChI=1S/C15H16O4/c1-6(16)4-7-5-10-8-2-3-9(11(7)10)13-12(8)14(17)19-15(13)18/h2-3,7-13H,4-5H2,1H3/t7-,8-,9-,10-,11-,12-,13+/m1/s1. The van der Waals surface area contributed by atoms with Gasteiger partial charge >= 0.3 is 11.9 Å². The zero-order valence-corrected chi connectivity index (χ0v) is 10.7. The van der Waals surface area contributed by atoms with Crippen molar-refractivity contribution >= 4 is 17.7 Å². The van der Waals surface area contributed by atoms with Crippen LogP contribution in [0, 0.1) is 41.4 Å². The first-order chi connectivity index (χ1) is 9.08. The van der Waals surface area contributed by atoms with Gasteiger partial charge in [-0.15, -0.1) is 0 Å². The molecule has 0 unspecified atom stereocenters. The van der Waals surface area contributed by atoms with E-state index >= 15 is 0 Å². The molecule has 4 aliphatic carbocycles. The number of ketones is 1. The fourth-order valence-corrected chi connectivity index (χ4v) is 5.01. The molecule has 2 bridgehead atoms. The maximum Gasteiger partial charge on any atom is 0.318 e. The third-order valence-electron chi connectivity index (χ3n) is 5.62. The zero-order chi connectivity index (χ0) is 13.3. The molecular formula is C15H16O4. The van der Waals surface area contributed by atoms with Crippen LogP contribution in [0.15, 0.2) is 12.2 Å². The number of ether oxygens (including phenoxy) is 1. The van der Waals surface area contributed by atoms with Crippen LogP contribution in [-0.2, 0) is 19.1 Å². The van der Waals surface area contributed by atoms with E-state index in [0.717, 1.165) is 6.42 Å². The molecule has 0 aromatic carbocycles. The summed E-state index contributed by atoms with van der Waals surface area (Å²) in [5.41, 5.74) is 0. The number of carbonyl (C=O) groups is 3. The highest BCUT2D eigenvalue weighted by Crippen LogP contribution is 2.64. The van der Waals surface area contributed by atoms with Crippen molar-refractivity contribution in [1.29, 1.82) is 0 Å². The van der Waals surface area contributed by atoms with Crippen molar-refractivity contribution in [2.75, 3.05) is 0 Å². The molecule has 0 aromatic rings. The molecule has 5 rings (SSSR count). The minimum absolute atomic E-state index is 0.108. The molecule has 100 valence electrons. The van der Waals surface area contributed by atoms with E-state index in [-0.39, 0.29) is 41.4 Å². The second kappa shape index (κ2) is 3.56. The maximum absolute atomic E-state index is 11.9. The Balaban J connectivity index is 1.67. The lowest BCUT2D eigenvalue weighted by Crippen LogP contribution is -2.57. The summed E-state index contributed by atoms with van der Waals surface area (Å²) in [4.78, 5) is 35.0. The van der Waals surface area contributed by atoms with Crippen LogP contribution in [-0.4, -0.2) is 17.7 Å². The van der Waals surface area contributed by atoms with E-state index in [9.17, 15) is 14.4 Å². The summed E-state index contributed by atoms with van der Waals surface area (Å²) < 4.78 is 4.85. The summed E-state index contributed by atoms with van der Waals surface area (Å²) in [6.07, 6.45) is 5.83. The van der Waals surface area contributed by atoms with Crippen molar-refractivity contribution < 1.29 is 19.1 Å². The largest absolute Gasteiger partial charge is 0.393 e. The van der Waals surface area contributed by atoms with Gasteiger partial charge in [-0.1, -0.05) is 12.2 Å². The number of esters is 2. The smallest absolute Gasteiger partial charge is 0.318 e. The minimum atomic E-state index is -0.346. The van der Waals surface area contributed by atoms with Crippen molar-refractivity contribution in [3.05, 3.63) is 12.2 Å². The predicted octanol–water partition coefficient (Wildman–Crippen LogP) is 1.35. The highest BCUT2D eigenvalue weighted by Gasteiger charge is 2.65. The lowest BCUT2D eigenvalue weighted by atomic mass is 9.43. The van der Waals surface area contributed by atoms with Crippen molar-refractivity contribution in [3.8, 4) is 0 Å². The van der Waals surface area contributed by atoms with Crippen LogP contribution in [0.25, 0.3) is 0 Å². The van der Waals surface area contributed by atoms with E-state index in [1.54, 1.807) is 6.92 Å². The van der Waals surface area contributed by atoms with Gasteiger partial charge < -0.3 is 9.53 Å². The summed E-state index contributed by atoms with van der Waals surface area (Å²) in [6.45, 7) is 1.63. The molecule has 7 atom stereocenters.